The molecule has 5 nitrogen and oxygen atoms in total. The van der Waals surface area contributed by atoms with Gasteiger partial charge in [-0.2, -0.15) is 0 Å². The number of hydrogen-bond acceptors (Lipinski definition) is 5. The zero-order valence-corrected chi connectivity index (χ0v) is 16.8. The fourth-order valence-corrected chi connectivity index (χ4v) is 4.74. The summed E-state index contributed by atoms with van der Waals surface area (Å²) in [5.74, 6) is 1.46. The molecule has 2 aromatic rings. The molecule has 0 spiro atoms. The van der Waals surface area contributed by atoms with Crippen LogP contribution in [0.15, 0.2) is 23.6 Å². The van der Waals surface area contributed by atoms with Gasteiger partial charge < -0.3 is 14.4 Å². The van der Waals surface area contributed by atoms with Crippen molar-refractivity contribution < 1.29 is 14.3 Å². The van der Waals surface area contributed by atoms with Crippen LogP contribution in [-0.4, -0.2) is 42.1 Å². The molecule has 2 fully saturated rings. The maximum Gasteiger partial charge on any atom is 0.273 e. The molecule has 2 aliphatic carbocycles. The molecule has 0 bridgehead atoms. The molecule has 4 rings (SSSR count). The van der Waals surface area contributed by atoms with Gasteiger partial charge in [0.15, 0.2) is 11.5 Å². The molecular formula is C21H26N2O3S. The van der Waals surface area contributed by atoms with Crippen LogP contribution in [-0.2, 0) is 0 Å². The lowest BCUT2D eigenvalue weighted by atomic mass is 9.94. The van der Waals surface area contributed by atoms with Crippen molar-refractivity contribution >= 4 is 17.2 Å². The van der Waals surface area contributed by atoms with Gasteiger partial charge in [-0.05, 0) is 43.9 Å². The molecule has 1 heterocycles. The highest BCUT2D eigenvalue weighted by Gasteiger charge is 2.38. The lowest BCUT2D eigenvalue weighted by molar-refractivity contribution is 0.0609. The zero-order chi connectivity index (χ0) is 18.8. The molecule has 144 valence electrons. The summed E-state index contributed by atoms with van der Waals surface area (Å²) in [5.41, 5.74) is 1.51. The molecule has 1 aromatic heterocycles. The molecule has 27 heavy (non-hydrogen) atoms. The van der Waals surface area contributed by atoms with Crippen LogP contribution < -0.4 is 9.47 Å². The number of hydrogen-bond donors (Lipinski definition) is 0. The fraction of sp³-hybridized carbons (Fsp3) is 0.524. The number of benzene rings is 1. The summed E-state index contributed by atoms with van der Waals surface area (Å²) in [4.78, 5) is 20.0. The van der Waals surface area contributed by atoms with Crippen LogP contribution in [0.5, 0.6) is 11.5 Å². The highest BCUT2D eigenvalue weighted by molar-refractivity contribution is 7.13. The topological polar surface area (TPSA) is 51.7 Å². The fourth-order valence-electron chi connectivity index (χ4n) is 3.95. The third-order valence-electron chi connectivity index (χ3n) is 5.50. The molecule has 6 heteroatoms. The molecule has 2 saturated carbocycles. The molecule has 0 saturated heterocycles. The maximum absolute atomic E-state index is 13.2. The molecule has 0 unspecified atom stereocenters. The van der Waals surface area contributed by atoms with Gasteiger partial charge in [0.2, 0.25) is 0 Å². The summed E-state index contributed by atoms with van der Waals surface area (Å²) in [6.45, 7) is 0. The van der Waals surface area contributed by atoms with Gasteiger partial charge in [0.05, 0.1) is 14.2 Å². The van der Waals surface area contributed by atoms with Crippen molar-refractivity contribution in [1.29, 1.82) is 0 Å². The normalized spacial score (nSPS) is 17.6. The van der Waals surface area contributed by atoms with Gasteiger partial charge in [-0.15, -0.1) is 11.3 Å². The van der Waals surface area contributed by atoms with Gasteiger partial charge in [0, 0.05) is 23.0 Å². The van der Waals surface area contributed by atoms with Gasteiger partial charge in [-0.25, -0.2) is 4.98 Å². The molecular weight excluding hydrogens is 360 g/mol. The monoisotopic (exact) mass is 386 g/mol. The SMILES string of the molecule is COc1ccc(-c2nc(C(=O)N(C3CCCCC3)C3CC3)cs2)cc1OC. The van der Waals surface area contributed by atoms with Gasteiger partial charge in [0.25, 0.3) is 5.91 Å². The average Bonchev–Trinajstić information content (AvgIpc) is 3.42. The van der Waals surface area contributed by atoms with Crippen molar-refractivity contribution in [2.75, 3.05) is 14.2 Å². The Balaban J connectivity index is 1.57. The van der Waals surface area contributed by atoms with E-state index in [-0.39, 0.29) is 5.91 Å². The minimum atomic E-state index is 0.104. The van der Waals surface area contributed by atoms with Crippen molar-refractivity contribution in [3.63, 3.8) is 0 Å². The van der Waals surface area contributed by atoms with Gasteiger partial charge in [-0.1, -0.05) is 19.3 Å². The average molecular weight is 387 g/mol. The van der Waals surface area contributed by atoms with E-state index in [0.29, 0.717) is 29.3 Å². The number of ether oxygens (including phenoxy) is 2. The van der Waals surface area contributed by atoms with Crippen LogP contribution in [0.4, 0.5) is 0 Å². The Morgan fingerprint density at radius 3 is 2.41 bits per heavy atom. The Kier molecular flexibility index (Phi) is 5.34. The lowest BCUT2D eigenvalue weighted by Gasteiger charge is -2.34. The Morgan fingerprint density at radius 2 is 1.74 bits per heavy atom. The first-order valence-corrected chi connectivity index (χ1v) is 10.6. The van der Waals surface area contributed by atoms with E-state index in [1.165, 1.54) is 30.6 Å². The quantitative estimate of drug-likeness (QED) is 0.718. The van der Waals surface area contributed by atoms with Gasteiger partial charge in [-0.3, -0.25) is 4.79 Å². The second kappa shape index (κ2) is 7.89. The maximum atomic E-state index is 13.2. The Bertz CT molecular complexity index is 810. The van der Waals surface area contributed by atoms with Gasteiger partial charge >= 0.3 is 0 Å². The van der Waals surface area contributed by atoms with E-state index < -0.39 is 0 Å². The Morgan fingerprint density at radius 1 is 1.04 bits per heavy atom. The molecule has 2 aliphatic rings. The smallest absolute Gasteiger partial charge is 0.273 e. The third-order valence-corrected chi connectivity index (χ3v) is 6.39. The number of methoxy groups -OCH3 is 2. The largest absolute Gasteiger partial charge is 0.493 e. The number of aromatic nitrogens is 1. The van der Waals surface area contributed by atoms with Crippen LogP contribution in [0.1, 0.15) is 55.4 Å². The molecule has 0 radical (unpaired) electrons. The standard InChI is InChI=1S/C21H26N2O3S/c1-25-18-11-8-14(12-19(18)26-2)20-22-17(13-27-20)21(24)23(16-9-10-16)15-6-4-3-5-7-15/h8,11-13,15-16H,3-7,9-10H2,1-2H3. The second-order valence-electron chi connectivity index (χ2n) is 7.34. The Labute approximate surface area is 164 Å². The van der Waals surface area contributed by atoms with Crippen molar-refractivity contribution in [2.45, 2.75) is 57.0 Å². The highest BCUT2D eigenvalue weighted by Crippen LogP contribution is 2.37. The van der Waals surface area contributed by atoms with Crippen LogP contribution >= 0.6 is 11.3 Å². The van der Waals surface area contributed by atoms with E-state index in [0.717, 1.165) is 36.3 Å². The van der Waals surface area contributed by atoms with E-state index in [2.05, 4.69) is 9.88 Å². The summed E-state index contributed by atoms with van der Waals surface area (Å²) in [6, 6.07) is 6.55. The molecule has 0 atom stereocenters. The number of thiazole rings is 1. The van der Waals surface area contributed by atoms with E-state index in [1.807, 2.05) is 23.6 Å². The predicted molar refractivity (Wildman–Crippen MR) is 107 cm³/mol. The number of nitrogens with zero attached hydrogens (tertiary/aromatic N) is 2. The lowest BCUT2D eigenvalue weighted by Crippen LogP contribution is -2.43. The first-order valence-electron chi connectivity index (χ1n) is 9.72. The molecule has 0 aliphatic heterocycles. The van der Waals surface area contributed by atoms with E-state index in [9.17, 15) is 4.79 Å². The van der Waals surface area contributed by atoms with Crippen molar-refractivity contribution in [2.24, 2.45) is 0 Å². The summed E-state index contributed by atoms with van der Waals surface area (Å²) in [5, 5.41) is 2.73. The molecule has 1 amide bonds. The van der Waals surface area contributed by atoms with E-state index in [1.54, 1.807) is 14.2 Å². The second-order valence-corrected chi connectivity index (χ2v) is 8.20. The minimum absolute atomic E-state index is 0.104. The first kappa shape index (κ1) is 18.3. The minimum Gasteiger partial charge on any atom is -0.493 e. The third kappa shape index (κ3) is 3.81. The van der Waals surface area contributed by atoms with Crippen molar-refractivity contribution in [3.8, 4) is 22.1 Å². The number of amides is 1. The van der Waals surface area contributed by atoms with E-state index >= 15 is 0 Å². The summed E-state index contributed by atoms with van der Waals surface area (Å²) in [7, 11) is 3.24. The zero-order valence-electron chi connectivity index (χ0n) is 15.9. The predicted octanol–water partition coefficient (Wildman–Crippen LogP) is 4.76. The molecule has 1 aromatic carbocycles. The van der Waals surface area contributed by atoms with Crippen LogP contribution in [0.3, 0.4) is 0 Å². The van der Waals surface area contributed by atoms with Crippen LogP contribution in [0.2, 0.25) is 0 Å². The van der Waals surface area contributed by atoms with Crippen LogP contribution in [0.25, 0.3) is 10.6 Å². The van der Waals surface area contributed by atoms with Crippen molar-refractivity contribution in [3.05, 3.63) is 29.3 Å². The molecule has 0 N–H and O–H groups in total. The Hall–Kier alpha value is -2.08. The number of carbonyl (C=O) groups is 1. The highest BCUT2D eigenvalue weighted by atomic mass is 32.1. The van der Waals surface area contributed by atoms with E-state index in [4.69, 9.17) is 9.47 Å². The van der Waals surface area contributed by atoms with Crippen LogP contribution in [0, 0.1) is 0 Å². The number of carbonyl (C=O) groups excluding carboxylic acids is 1. The van der Waals surface area contributed by atoms with Crippen molar-refractivity contribution in [1.82, 2.24) is 9.88 Å². The summed E-state index contributed by atoms with van der Waals surface area (Å²) >= 11 is 1.50. The first-order chi connectivity index (χ1) is 13.2. The van der Waals surface area contributed by atoms with Gasteiger partial charge in [0.1, 0.15) is 10.7 Å². The summed E-state index contributed by atoms with van der Waals surface area (Å²) in [6.07, 6.45) is 8.29. The number of rotatable bonds is 6. The summed E-state index contributed by atoms with van der Waals surface area (Å²) < 4.78 is 10.7.